The average Bonchev–Trinajstić information content (AvgIpc) is 2.84. The molecular weight excluding hydrogens is 148 g/mol. The first-order valence-electron chi connectivity index (χ1n) is 5.10. The molecule has 1 saturated carbocycles. The molecule has 0 aromatic heterocycles. The van der Waals surface area contributed by atoms with Gasteiger partial charge in [0, 0.05) is 19.5 Å². The number of nitrogens with zero attached hydrogens (tertiary/aromatic N) is 1. The summed E-state index contributed by atoms with van der Waals surface area (Å²) in [5.74, 6) is 1.74. The number of nitrogens with one attached hydrogen (secondary N) is 1. The number of amidine groups is 1. The van der Waals surface area contributed by atoms with Gasteiger partial charge in [-0.2, -0.15) is 0 Å². The van der Waals surface area contributed by atoms with Crippen LogP contribution < -0.4 is 0 Å². The lowest BCUT2D eigenvalue weighted by Crippen LogP contribution is -2.31. The third-order valence-electron chi connectivity index (χ3n) is 2.43. The average molecular weight is 168 g/mol. The summed E-state index contributed by atoms with van der Waals surface area (Å²) in [7, 11) is 0. The molecule has 0 amide bonds. The minimum absolute atomic E-state index is 0.840. The van der Waals surface area contributed by atoms with Crippen LogP contribution in [-0.2, 0) is 0 Å². The monoisotopic (exact) mass is 168 g/mol. The Morgan fingerprint density at radius 3 is 2.50 bits per heavy atom. The van der Waals surface area contributed by atoms with Crippen molar-refractivity contribution >= 4 is 5.84 Å². The molecule has 1 aliphatic carbocycles. The first kappa shape index (κ1) is 9.56. The molecule has 0 radical (unpaired) electrons. The lowest BCUT2D eigenvalue weighted by atomic mass is 10.2. The van der Waals surface area contributed by atoms with Gasteiger partial charge in [0.2, 0.25) is 0 Å². The van der Waals surface area contributed by atoms with E-state index in [-0.39, 0.29) is 0 Å². The van der Waals surface area contributed by atoms with Crippen LogP contribution in [0.25, 0.3) is 0 Å². The molecule has 0 bridgehead atoms. The Balaban J connectivity index is 2.26. The van der Waals surface area contributed by atoms with Gasteiger partial charge < -0.3 is 4.90 Å². The van der Waals surface area contributed by atoms with Gasteiger partial charge in [0.1, 0.15) is 0 Å². The minimum atomic E-state index is 0.840. The van der Waals surface area contributed by atoms with E-state index in [2.05, 4.69) is 18.7 Å². The van der Waals surface area contributed by atoms with Gasteiger partial charge in [-0.1, -0.05) is 6.92 Å². The highest BCUT2D eigenvalue weighted by Crippen LogP contribution is 2.29. The standard InChI is InChI=1S/C10H20N2/c1-3-5-10(11)12(4-2)8-9-6-7-9/h9,11H,3-8H2,1-2H3. The summed E-state index contributed by atoms with van der Waals surface area (Å²) in [6, 6.07) is 0. The highest BCUT2D eigenvalue weighted by molar-refractivity contribution is 5.79. The van der Waals surface area contributed by atoms with Gasteiger partial charge in [-0.3, -0.25) is 5.41 Å². The van der Waals surface area contributed by atoms with Crippen molar-refractivity contribution in [2.75, 3.05) is 13.1 Å². The Morgan fingerprint density at radius 2 is 2.08 bits per heavy atom. The summed E-state index contributed by atoms with van der Waals surface area (Å²) in [5, 5.41) is 7.79. The van der Waals surface area contributed by atoms with E-state index in [9.17, 15) is 0 Å². The summed E-state index contributed by atoms with van der Waals surface area (Å²) in [5.41, 5.74) is 0. The molecule has 1 rings (SSSR count). The minimum Gasteiger partial charge on any atom is -0.361 e. The van der Waals surface area contributed by atoms with Gasteiger partial charge in [0.05, 0.1) is 5.84 Å². The fraction of sp³-hybridized carbons (Fsp3) is 0.900. The van der Waals surface area contributed by atoms with Crippen LogP contribution in [0.5, 0.6) is 0 Å². The highest BCUT2D eigenvalue weighted by Gasteiger charge is 2.24. The largest absolute Gasteiger partial charge is 0.361 e. The Morgan fingerprint density at radius 1 is 1.42 bits per heavy atom. The van der Waals surface area contributed by atoms with Gasteiger partial charge in [-0.15, -0.1) is 0 Å². The van der Waals surface area contributed by atoms with Gasteiger partial charge in [-0.25, -0.2) is 0 Å². The van der Waals surface area contributed by atoms with Crippen LogP contribution in [0.2, 0.25) is 0 Å². The molecule has 2 heteroatoms. The molecule has 70 valence electrons. The topological polar surface area (TPSA) is 27.1 Å². The van der Waals surface area contributed by atoms with E-state index in [0.29, 0.717) is 0 Å². The molecule has 0 aromatic rings. The normalized spacial score (nSPS) is 16.2. The number of hydrogen-bond donors (Lipinski definition) is 1. The molecule has 2 nitrogen and oxygen atoms in total. The van der Waals surface area contributed by atoms with Gasteiger partial charge >= 0.3 is 0 Å². The zero-order valence-corrected chi connectivity index (χ0v) is 8.27. The molecule has 0 saturated heterocycles. The van der Waals surface area contributed by atoms with Crippen molar-refractivity contribution < 1.29 is 0 Å². The van der Waals surface area contributed by atoms with Crippen molar-refractivity contribution in [1.29, 1.82) is 5.41 Å². The summed E-state index contributed by atoms with van der Waals surface area (Å²) in [6.07, 6.45) is 4.81. The van der Waals surface area contributed by atoms with Crippen molar-refractivity contribution in [2.45, 2.75) is 39.5 Å². The van der Waals surface area contributed by atoms with Crippen molar-refractivity contribution in [1.82, 2.24) is 4.90 Å². The summed E-state index contributed by atoms with van der Waals surface area (Å²) in [6.45, 7) is 6.43. The van der Waals surface area contributed by atoms with Crippen LogP contribution >= 0.6 is 0 Å². The fourth-order valence-electron chi connectivity index (χ4n) is 1.44. The molecule has 1 fully saturated rings. The van der Waals surface area contributed by atoms with Crippen molar-refractivity contribution in [3.8, 4) is 0 Å². The Labute approximate surface area is 75.5 Å². The van der Waals surface area contributed by atoms with Crippen LogP contribution in [0.1, 0.15) is 39.5 Å². The maximum atomic E-state index is 7.79. The highest BCUT2D eigenvalue weighted by atomic mass is 15.2. The quantitative estimate of drug-likeness (QED) is 0.495. The smallest absolute Gasteiger partial charge is 0.0957 e. The second kappa shape index (κ2) is 4.48. The third kappa shape index (κ3) is 2.84. The first-order valence-corrected chi connectivity index (χ1v) is 5.10. The molecule has 0 spiro atoms. The second-order valence-corrected chi connectivity index (χ2v) is 3.68. The van der Waals surface area contributed by atoms with E-state index in [1.807, 2.05) is 0 Å². The number of hydrogen-bond acceptors (Lipinski definition) is 1. The molecule has 0 atom stereocenters. The number of rotatable bonds is 5. The van der Waals surface area contributed by atoms with E-state index in [4.69, 9.17) is 5.41 Å². The summed E-state index contributed by atoms with van der Waals surface area (Å²) >= 11 is 0. The van der Waals surface area contributed by atoms with Crippen LogP contribution in [0, 0.1) is 11.3 Å². The van der Waals surface area contributed by atoms with E-state index in [0.717, 1.165) is 37.7 Å². The van der Waals surface area contributed by atoms with Crippen LogP contribution in [-0.4, -0.2) is 23.8 Å². The summed E-state index contributed by atoms with van der Waals surface area (Å²) < 4.78 is 0. The predicted octanol–water partition coefficient (Wildman–Crippen LogP) is 2.50. The molecular formula is C10H20N2. The van der Waals surface area contributed by atoms with Crippen LogP contribution in [0.4, 0.5) is 0 Å². The molecule has 0 aromatic carbocycles. The van der Waals surface area contributed by atoms with Crippen molar-refractivity contribution in [2.24, 2.45) is 5.92 Å². The van der Waals surface area contributed by atoms with Gasteiger partial charge in [-0.05, 0) is 32.1 Å². The van der Waals surface area contributed by atoms with E-state index in [1.54, 1.807) is 0 Å². The van der Waals surface area contributed by atoms with Gasteiger partial charge in [0.15, 0.2) is 0 Å². The molecule has 1 N–H and O–H groups in total. The second-order valence-electron chi connectivity index (χ2n) is 3.68. The molecule has 0 heterocycles. The first-order chi connectivity index (χ1) is 5.77. The lowest BCUT2D eigenvalue weighted by molar-refractivity contribution is 0.407. The Hall–Kier alpha value is -0.530. The summed E-state index contributed by atoms with van der Waals surface area (Å²) in [4.78, 5) is 2.22. The maximum Gasteiger partial charge on any atom is 0.0957 e. The van der Waals surface area contributed by atoms with E-state index in [1.165, 1.54) is 12.8 Å². The van der Waals surface area contributed by atoms with Crippen molar-refractivity contribution in [3.05, 3.63) is 0 Å². The molecule has 0 aliphatic heterocycles. The SMILES string of the molecule is CCCC(=N)N(CC)CC1CC1. The Bertz CT molecular complexity index is 150. The molecule has 0 unspecified atom stereocenters. The van der Waals surface area contributed by atoms with E-state index >= 15 is 0 Å². The van der Waals surface area contributed by atoms with E-state index < -0.39 is 0 Å². The maximum absolute atomic E-state index is 7.79. The lowest BCUT2D eigenvalue weighted by Gasteiger charge is -2.23. The van der Waals surface area contributed by atoms with Crippen molar-refractivity contribution in [3.63, 3.8) is 0 Å². The Kier molecular flexibility index (Phi) is 3.57. The van der Waals surface area contributed by atoms with Crippen LogP contribution in [0.3, 0.4) is 0 Å². The van der Waals surface area contributed by atoms with Crippen LogP contribution in [0.15, 0.2) is 0 Å². The van der Waals surface area contributed by atoms with Gasteiger partial charge in [0.25, 0.3) is 0 Å². The fourth-order valence-corrected chi connectivity index (χ4v) is 1.44. The predicted molar refractivity (Wildman–Crippen MR) is 52.6 cm³/mol. The molecule has 12 heavy (non-hydrogen) atoms. The zero-order valence-electron chi connectivity index (χ0n) is 8.27. The molecule has 1 aliphatic rings. The zero-order chi connectivity index (χ0) is 8.97. The third-order valence-corrected chi connectivity index (χ3v) is 2.43.